The van der Waals surface area contributed by atoms with E-state index in [1.807, 2.05) is 6.07 Å². The largest absolute Gasteiger partial charge is 0.333 e. The number of imidazole rings is 1. The van der Waals surface area contributed by atoms with Crippen molar-refractivity contribution >= 4 is 26.8 Å². The quantitative estimate of drug-likeness (QED) is 0.680. The predicted octanol–water partition coefficient (Wildman–Crippen LogP) is 0.231. The standard InChI is InChI=1S/C16H23N7O2S/c1-11(2)23-10-21-12-9-20-14(8-13(12)23)16(17)4-5-18-15(22-16)19-6-7-26(3,24)25/h4-5,8-11H,6-7,17H2,1-3H3,(H2,18,19,22). The van der Waals surface area contributed by atoms with E-state index < -0.39 is 15.5 Å². The third-order valence-corrected chi connectivity index (χ3v) is 4.99. The fourth-order valence-electron chi connectivity index (χ4n) is 2.65. The molecule has 0 aromatic carbocycles. The summed E-state index contributed by atoms with van der Waals surface area (Å²) < 4.78 is 24.5. The van der Waals surface area contributed by atoms with Crippen LogP contribution in [0.4, 0.5) is 0 Å². The van der Waals surface area contributed by atoms with Crippen LogP contribution in [0.25, 0.3) is 11.0 Å². The number of nitrogens with one attached hydrogen (secondary N) is 2. The number of sulfone groups is 1. The van der Waals surface area contributed by atoms with Crippen molar-refractivity contribution in [2.24, 2.45) is 10.7 Å². The molecule has 0 spiro atoms. The van der Waals surface area contributed by atoms with Crippen molar-refractivity contribution in [2.45, 2.75) is 25.6 Å². The molecule has 9 nitrogen and oxygen atoms in total. The zero-order chi connectivity index (χ0) is 18.9. The maximum atomic E-state index is 11.2. The molecule has 1 aliphatic heterocycles. The van der Waals surface area contributed by atoms with Crippen LogP contribution in [0.1, 0.15) is 25.6 Å². The highest BCUT2D eigenvalue weighted by Gasteiger charge is 2.30. The number of pyridine rings is 1. The highest BCUT2D eigenvalue weighted by molar-refractivity contribution is 7.90. The topological polar surface area (TPSA) is 127 Å². The first-order valence-electron chi connectivity index (χ1n) is 8.24. The van der Waals surface area contributed by atoms with Gasteiger partial charge in [0.15, 0.2) is 11.6 Å². The van der Waals surface area contributed by atoms with E-state index in [0.717, 1.165) is 11.0 Å². The van der Waals surface area contributed by atoms with Gasteiger partial charge in [-0.25, -0.2) is 13.4 Å². The Kier molecular flexibility index (Phi) is 4.72. The summed E-state index contributed by atoms with van der Waals surface area (Å²) in [5, 5.41) is 6.01. The Morgan fingerprint density at radius 3 is 2.85 bits per heavy atom. The molecular weight excluding hydrogens is 354 g/mol. The molecule has 0 amide bonds. The fourth-order valence-corrected chi connectivity index (χ4v) is 3.07. The molecule has 1 aliphatic rings. The zero-order valence-electron chi connectivity index (χ0n) is 15.0. The summed E-state index contributed by atoms with van der Waals surface area (Å²) in [6, 6.07) is 2.16. The molecule has 0 saturated carbocycles. The Labute approximate surface area is 152 Å². The van der Waals surface area contributed by atoms with Crippen molar-refractivity contribution in [3.8, 4) is 0 Å². The SMILES string of the molecule is CC(C)n1cnc2cnc(C3(N)C=CNC(=NCCS(C)(=O)=O)N3)cc21. The van der Waals surface area contributed by atoms with Crippen LogP contribution in [-0.4, -0.2) is 47.5 Å². The number of nitrogens with two attached hydrogens (primary N) is 1. The molecule has 0 bridgehead atoms. The smallest absolute Gasteiger partial charge is 0.197 e. The van der Waals surface area contributed by atoms with Gasteiger partial charge < -0.3 is 20.9 Å². The molecule has 2 aromatic heterocycles. The van der Waals surface area contributed by atoms with Crippen LogP contribution in [0.5, 0.6) is 0 Å². The van der Waals surface area contributed by atoms with Crippen molar-refractivity contribution < 1.29 is 8.42 Å². The van der Waals surface area contributed by atoms with Crippen molar-refractivity contribution in [1.29, 1.82) is 0 Å². The number of guanidine groups is 1. The molecule has 1 atom stereocenters. The Balaban J connectivity index is 1.89. The summed E-state index contributed by atoms with van der Waals surface area (Å²) in [7, 11) is -3.07. The van der Waals surface area contributed by atoms with Crippen LogP contribution in [0.2, 0.25) is 0 Å². The molecule has 26 heavy (non-hydrogen) atoms. The van der Waals surface area contributed by atoms with Gasteiger partial charge in [0.05, 0.1) is 36.0 Å². The van der Waals surface area contributed by atoms with Crippen LogP contribution >= 0.6 is 0 Å². The van der Waals surface area contributed by atoms with Crippen LogP contribution < -0.4 is 16.4 Å². The average molecular weight is 377 g/mol. The highest BCUT2D eigenvalue weighted by Crippen LogP contribution is 2.23. The second-order valence-corrected chi connectivity index (χ2v) is 8.90. The molecule has 3 heterocycles. The van der Waals surface area contributed by atoms with Gasteiger partial charge in [0.2, 0.25) is 0 Å². The number of rotatable bonds is 5. The minimum atomic E-state index is -3.07. The summed E-state index contributed by atoms with van der Waals surface area (Å²) in [5.74, 6) is 0.372. The van der Waals surface area contributed by atoms with E-state index in [-0.39, 0.29) is 18.3 Å². The third kappa shape index (κ3) is 3.86. The molecule has 3 rings (SSSR count). The lowest BCUT2D eigenvalue weighted by Crippen LogP contribution is -2.58. The molecule has 10 heteroatoms. The molecule has 2 aromatic rings. The van der Waals surface area contributed by atoms with E-state index in [0.29, 0.717) is 11.7 Å². The van der Waals surface area contributed by atoms with Gasteiger partial charge in [-0.3, -0.25) is 9.98 Å². The lowest BCUT2D eigenvalue weighted by molar-refractivity contribution is 0.485. The number of nitrogens with zero attached hydrogens (tertiary/aromatic N) is 4. The second-order valence-electron chi connectivity index (χ2n) is 6.64. The second kappa shape index (κ2) is 6.69. The van der Waals surface area contributed by atoms with E-state index in [4.69, 9.17) is 5.73 Å². The molecule has 0 radical (unpaired) electrons. The first kappa shape index (κ1) is 18.3. The maximum absolute atomic E-state index is 11.2. The maximum Gasteiger partial charge on any atom is 0.197 e. The van der Waals surface area contributed by atoms with Crippen LogP contribution in [0.15, 0.2) is 35.9 Å². The molecule has 0 fully saturated rings. The Morgan fingerprint density at radius 1 is 1.38 bits per heavy atom. The van der Waals surface area contributed by atoms with Crippen LogP contribution in [0.3, 0.4) is 0 Å². The Morgan fingerprint density at radius 2 is 2.15 bits per heavy atom. The van der Waals surface area contributed by atoms with Gasteiger partial charge in [-0.15, -0.1) is 0 Å². The molecule has 0 saturated heterocycles. The highest BCUT2D eigenvalue weighted by atomic mass is 32.2. The summed E-state index contributed by atoms with van der Waals surface area (Å²) in [5.41, 5.74) is 7.78. The van der Waals surface area contributed by atoms with Gasteiger partial charge >= 0.3 is 0 Å². The molecule has 140 valence electrons. The summed E-state index contributed by atoms with van der Waals surface area (Å²) in [6.07, 6.45) is 8.07. The van der Waals surface area contributed by atoms with Gasteiger partial charge in [0, 0.05) is 18.5 Å². The van der Waals surface area contributed by atoms with E-state index in [9.17, 15) is 8.42 Å². The lowest BCUT2D eigenvalue weighted by atomic mass is 10.0. The number of hydrogen-bond donors (Lipinski definition) is 3. The molecule has 0 aliphatic carbocycles. The average Bonchev–Trinajstić information content (AvgIpc) is 2.97. The van der Waals surface area contributed by atoms with Gasteiger partial charge in [-0.1, -0.05) is 0 Å². The number of fused-ring (bicyclic) bond motifs is 1. The first-order chi connectivity index (χ1) is 12.2. The minimum absolute atomic E-state index is 0.0288. The molecule has 1 unspecified atom stereocenters. The summed E-state index contributed by atoms with van der Waals surface area (Å²) >= 11 is 0. The first-order valence-corrected chi connectivity index (χ1v) is 10.3. The lowest BCUT2D eigenvalue weighted by Gasteiger charge is -2.31. The zero-order valence-corrected chi connectivity index (χ0v) is 15.8. The number of aromatic nitrogens is 3. The Bertz CT molecular complexity index is 978. The van der Waals surface area contributed by atoms with E-state index in [1.54, 1.807) is 24.8 Å². The summed E-state index contributed by atoms with van der Waals surface area (Å²) in [4.78, 5) is 13.0. The molecular formula is C16H23N7O2S. The summed E-state index contributed by atoms with van der Waals surface area (Å²) in [6.45, 7) is 4.30. The Hall–Kier alpha value is -2.46. The normalized spacial score (nSPS) is 22.0. The monoisotopic (exact) mass is 377 g/mol. The molecule has 4 N–H and O–H groups in total. The van der Waals surface area contributed by atoms with E-state index in [2.05, 4.69) is 44.0 Å². The number of hydrogen-bond acceptors (Lipinski definition) is 6. The van der Waals surface area contributed by atoms with E-state index in [1.165, 1.54) is 6.26 Å². The van der Waals surface area contributed by atoms with Crippen LogP contribution in [-0.2, 0) is 15.5 Å². The van der Waals surface area contributed by atoms with Crippen LogP contribution in [0, 0.1) is 0 Å². The third-order valence-electron chi connectivity index (χ3n) is 4.06. The minimum Gasteiger partial charge on any atom is -0.333 e. The fraction of sp³-hybridized carbons (Fsp3) is 0.438. The van der Waals surface area contributed by atoms with Crippen molar-refractivity contribution in [3.05, 3.63) is 36.6 Å². The van der Waals surface area contributed by atoms with Gasteiger partial charge in [0.1, 0.15) is 15.4 Å². The van der Waals surface area contributed by atoms with Crippen molar-refractivity contribution in [2.75, 3.05) is 18.6 Å². The van der Waals surface area contributed by atoms with Crippen molar-refractivity contribution in [3.63, 3.8) is 0 Å². The van der Waals surface area contributed by atoms with Crippen molar-refractivity contribution in [1.82, 2.24) is 25.2 Å². The van der Waals surface area contributed by atoms with Gasteiger partial charge in [-0.2, -0.15) is 0 Å². The van der Waals surface area contributed by atoms with E-state index >= 15 is 0 Å². The number of aliphatic imine (C=N–C) groups is 1. The van der Waals surface area contributed by atoms with Gasteiger partial charge in [-0.05, 0) is 26.0 Å². The van der Waals surface area contributed by atoms with Gasteiger partial charge in [0.25, 0.3) is 0 Å². The predicted molar refractivity (Wildman–Crippen MR) is 101 cm³/mol.